The van der Waals surface area contributed by atoms with Crippen molar-refractivity contribution in [3.05, 3.63) is 70.8 Å². The Morgan fingerprint density at radius 1 is 0.962 bits per heavy atom. The molecule has 8 heteroatoms. The number of carbonyl (C=O) groups excluding carboxylic acids is 3. The number of fused-ring (bicyclic) bond motifs is 1. The molecular formula is C18H13F3N2O3. The third-order valence-corrected chi connectivity index (χ3v) is 3.92. The molecule has 0 aromatic heterocycles. The fraction of sp³-hybridized carbons (Fsp3) is 0.167. The first-order chi connectivity index (χ1) is 12.3. The van der Waals surface area contributed by atoms with Gasteiger partial charge in [0.15, 0.2) is 0 Å². The first-order valence-electron chi connectivity index (χ1n) is 7.65. The maximum atomic E-state index is 12.7. The first-order valence-corrected chi connectivity index (χ1v) is 7.65. The lowest BCUT2D eigenvalue weighted by molar-refractivity contribution is -0.137. The Balaban J connectivity index is 1.62. The molecular weight excluding hydrogens is 349 g/mol. The number of hydrogen-bond acceptors (Lipinski definition) is 3. The van der Waals surface area contributed by atoms with E-state index in [1.165, 1.54) is 24.3 Å². The van der Waals surface area contributed by atoms with Crippen LogP contribution in [0, 0.1) is 0 Å². The summed E-state index contributed by atoms with van der Waals surface area (Å²) in [5, 5.41) is 2.42. The van der Waals surface area contributed by atoms with Crippen molar-refractivity contribution in [2.45, 2.75) is 12.7 Å². The zero-order valence-corrected chi connectivity index (χ0v) is 13.3. The summed E-state index contributed by atoms with van der Waals surface area (Å²) < 4.78 is 38.1. The van der Waals surface area contributed by atoms with E-state index in [0.29, 0.717) is 0 Å². The number of rotatable bonds is 4. The van der Waals surface area contributed by atoms with Gasteiger partial charge in [0.05, 0.1) is 16.7 Å². The van der Waals surface area contributed by atoms with Crippen LogP contribution in [0.5, 0.6) is 0 Å². The van der Waals surface area contributed by atoms with Crippen LogP contribution >= 0.6 is 0 Å². The van der Waals surface area contributed by atoms with E-state index in [1.54, 1.807) is 12.1 Å². The summed E-state index contributed by atoms with van der Waals surface area (Å²) in [5.74, 6) is -1.78. The third-order valence-electron chi connectivity index (χ3n) is 3.92. The number of carbonyl (C=O) groups is 3. The molecule has 2 aromatic rings. The van der Waals surface area contributed by atoms with E-state index in [0.717, 1.165) is 17.0 Å². The van der Waals surface area contributed by atoms with E-state index in [-0.39, 0.29) is 23.2 Å². The Morgan fingerprint density at radius 2 is 1.58 bits per heavy atom. The van der Waals surface area contributed by atoms with Crippen LogP contribution in [0.1, 0.15) is 31.8 Å². The summed E-state index contributed by atoms with van der Waals surface area (Å²) in [6.45, 7) is -0.642. The summed E-state index contributed by atoms with van der Waals surface area (Å²) in [5.41, 5.74) is -0.105. The lowest BCUT2D eigenvalue weighted by Gasteiger charge is -2.14. The number of imide groups is 1. The molecule has 3 amide bonds. The molecule has 0 aliphatic carbocycles. The summed E-state index contributed by atoms with van der Waals surface area (Å²) in [4.78, 5) is 37.2. The minimum Gasteiger partial charge on any atom is -0.350 e. The van der Waals surface area contributed by atoms with Crippen molar-refractivity contribution in [3.8, 4) is 0 Å². The van der Waals surface area contributed by atoms with Crippen LogP contribution in [0.2, 0.25) is 0 Å². The van der Waals surface area contributed by atoms with Crippen molar-refractivity contribution in [1.82, 2.24) is 10.2 Å². The molecule has 26 heavy (non-hydrogen) atoms. The predicted octanol–water partition coefficient (Wildman–Crippen LogP) is 2.62. The van der Waals surface area contributed by atoms with Gasteiger partial charge in [-0.2, -0.15) is 13.2 Å². The zero-order chi connectivity index (χ0) is 18.9. The molecule has 0 fully saturated rings. The van der Waals surface area contributed by atoms with Gasteiger partial charge in [-0.15, -0.1) is 0 Å². The highest BCUT2D eigenvalue weighted by molar-refractivity contribution is 6.22. The Hall–Kier alpha value is -3.16. The van der Waals surface area contributed by atoms with Crippen LogP contribution in [0.15, 0.2) is 48.5 Å². The van der Waals surface area contributed by atoms with Gasteiger partial charge in [0, 0.05) is 6.54 Å². The maximum Gasteiger partial charge on any atom is 0.416 e. The molecule has 3 rings (SSSR count). The number of halogens is 3. The fourth-order valence-electron chi connectivity index (χ4n) is 2.64. The zero-order valence-electron chi connectivity index (χ0n) is 13.3. The minimum absolute atomic E-state index is 0.147. The van der Waals surface area contributed by atoms with E-state index < -0.39 is 36.0 Å². The van der Waals surface area contributed by atoms with Crippen molar-refractivity contribution >= 4 is 17.7 Å². The average Bonchev–Trinajstić information content (AvgIpc) is 2.85. The van der Waals surface area contributed by atoms with E-state index in [2.05, 4.69) is 5.32 Å². The monoisotopic (exact) mass is 362 g/mol. The average molecular weight is 362 g/mol. The molecule has 1 aliphatic heterocycles. The number of amides is 3. The van der Waals surface area contributed by atoms with Crippen LogP contribution in [0.3, 0.4) is 0 Å². The molecule has 1 N–H and O–H groups in total. The normalized spacial score (nSPS) is 13.7. The predicted molar refractivity (Wildman–Crippen MR) is 85.1 cm³/mol. The number of nitrogens with zero attached hydrogens (tertiary/aromatic N) is 1. The molecule has 1 heterocycles. The second kappa shape index (κ2) is 6.62. The minimum atomic E-state index is -4.47. The molecule has 0 bridgehead atoms. The summed E-state index contributed by atoms with van der Waals surface area (Å²) in [6.07, 6.45) is -4.47. The number of alkyl halides is 3. The van der Waals surface area contributed by atoms with Gasteiger partial charge in [-0.25, -0.2) is 0 Å². The van der Waals surface area contributed by atoms with Gasteiger partial charge in [-0.05, 0) is 29.8 Å². The fourth-order valence-corrected chi connectivity index (χ4v) is 2.64. The number of benzene rings is 2. The van der Waals surface area contributed by atoms with E-state index in [4.69, 9.17) is 0 Å². The Labute approximate surface area is 146 Å². The van der Waals surface area contributed by atoms with Crippen LogP contribution in [-0.4, -0.2) is 29.2 Å². The first kappa shape index (κ1) is 17.7. The van der Waals surface area contributed by atoms with Gasteiger partial charge >= 0.3 is 6.18 Å². The van der Waals surface area contributed by atoms with Crippen LogP contribution < -0.4 is 5.32 Å². The number of nitrogens with one attached hydrogen (secondary N) is 1. The molecule has 0 radical (unpaired) electrons. The van der Waals surface area contributed by atoms with Crippen molar-refractivity contribution in [2.75, 3.05) is 6.54 Å². The van der Waals surface area contributed by atoms with Crippen LogP contribution in [-0.2, 0) is 17.5 Å². The highest BCUT2D eigenvalue weighted by Crippen LogP contribution is 2.29. The Kier molecular flexibility index (Phi) is 4.50. The summed E-state index contributed by atoms with van der Waals surface area (Å²) >= 11 is 0. The van der Waals surface area contributed by atoms with E-state index in [1.807, 2.05) is 0 Å². The molecule has 0 saturated carbocycles. The maximum absolute atomic E-state index is 12.7. The van der Waals surface area contributed by atoms with Crippen LogP contribution in [0.4, 0.5) is 13.2 Å². The SMILES string of the molecule is O=C(CN1C(=O)c2ccccc2C1=O)NCc1cccc(C(F)(F)F)c1. The van der Waals surface area contributed by atoms with Crippen molar-refractivity contribution in [2.24, 2.45) is 0 Å². The third kappa shape index (κ3) is 3.44. The van der Waals surface area contributed by atoms with Gasteiger partial charge in [-0.1, -0.05) is 24.3 Å². The lowest BCUT2D eigenvalue weighted by Crippen LogP contribution is -2.40. The molecule has 0 saturated heterocycles. The lowest BCUT2D eigenvalue weighted by atomic mass is 10.1. The van der Waals surface area contributed by atoms with Crippen LogP contribution in [0.25, 0.3) is 0 Å². The van der Waals surface area contributed by atoms with Gasteiger partial charge < -0.3 is 5.32 Å². The highest BCUT2D eigenvalue weighted by atomic mass is 19.4. The smallest absolute Gasteiger partial charge is 0.350 e. The standard InChI is InChI=1S/C18H13F3N2O3/c19-18(20,21)12-5-3-4-11(8-12)9-22-15(24)10-23-16(25)13-6-1-2-7-14(13)17(23)26/h1-8H,9-10H2,(H,22,24). The molecule has 2 aromatic carbocycles. The number of hydrogen-bond donors (Lipinski definition) is 1. The summed E-state index contributed by atoms with van der Waals surface area (Å²) in [6, 6.07) is 10.8. The largest absolute Gasteiger partial charge is 0.416 e. The van der Waals surface area contributed by atoms with Gasteiger partial charge in [0.25, 0.3) is 11.8 Å². The van der Waals surface area contributed by atoms with E-state index in [9.17, 15) is 27.6 Å². The highest BCUT2D eigenvalue weighted by Gasteiger charge is 2.36. The molecule has 1 aliphatic rings. The molecule has 134 valence electrons. The Morgan fingerprint density at radius 3 is 2.15 bits per heavy atom. The van der Waals surface area contributed by atoms with Gasteiger partial charge in [0.1, 0.15) is 6.54 Å². The quantitative estimate of drug-likeness (QED) is 0.851. The second-order valence-electron chi connectivity index (χ2n) is 5.72. The van der Waals surface area contributed by atoms with Crippen molar-refractivity contribution < 1.29 is 27.6 Å². The topological polar surface area (TPSA) is 66.5 Å². The van der Waals surface area contributed by atoms with Gasteiger partial charge in [0.2, 0.25) is 5.91 Å². The van der Waals surface area contributed by atoms with Crippen molar-refractivity contribution in [1.29, 1.82) is 0 Å². The van der Waals surface area contributed by atoms with Gasteiger partial charge in [-0.3, -0.25) is 19.3 Å². The van der Waals surface area contributed by atoms with E-state index >= 15 is 0 Å². The second-order valence-corrected chi connectivity index (χ2v) is 5.72. The van der Waals surface area contributed by atoms with Crippen molar-refractivity contribution in [3.63, 3.8) is 0 Å². The molecule has 5 nitrogen and oxygen atoms in total. The molecule has 0 spiro atoms. The summed E-state index contributed by atoms with van der Waals surface area (Å²) in [7, 11) is 0. The molecule has 0 atom stereocenters. The Bertz CT molecular complexity index is 858. The molecule has 0 unspecified atom stereocenters.